The summed E-state index contributed by atoms with van der Waals surface area (Å²) in [7, 11) is 0. The van der Waals surface area contributed by atoms with Crippen molar-refractivity contribution in [2.75, 3.05) is 13.2 Å². The molecular formula is C54H92O6. The molecule has 0 spiro atoms. The second kappa shape index (κ2) is 48.5. The maximum atomic E-state index is 12.8. The molecule has 1 atom stereocenters. The van der Waals surface area contributed by atoms with Crippen molar-refractivity contribution in [2.24, 2.45) is 0 Å². The molecule has 0 rings (SSSR count). The van der Waals surface area contributed by atoms with Gasteiger partial charge < -0.3 is 14.2 Å². The van der Waals surface area contributed by atoms with E-state index in [0.29, 0.717) is 25.7 Å². The van der Waals surface area contributed by atoms with Crippen LogP contribution in [0.25, 0.3) is 0 Å². The standard InChI is InChI=1S/C54H92O6/c1-4-7-10-13-16-19-21-23-25-26-27-29-30-32-35-38-41-44-47-53(56)59-50-51(49-58-52(55)46-43-40-37-34-18-15-12-9-6-3)60-54(57)48-45-42-39-36-33-31-28-24-22-20-17-14-11-8-5-2/h10,13,16,19,21,23,25-27,29,34,37,51H,4-9,11-12,14-15,17-18,20,22,24,28,30-33,35-36,38-50H2,1-3H3/b13-10-,19-16-,23-21-,26-25-,29-27-,37-34-. The molecule has 0 saturated carbocycles. The quantitative estimate of drug-likeness (QED) is 0.0200. The SMILES string of the molecule is CCC\C=C/C=C\C=C/C=C\C=C/CCCCCCCC(=O)OCC(COC(=O)CCC/C=C\CCCCCC)OC(=O)CCCCCCCCCCCCCCCCC. The zero-order valence-electron chi connectivity index (χ0n) is 39.2. The molecule has 6 heteroatoms. The summed E-state index contributed by atoms with van der Waals surface area (Å²) >= 11 is 0. The van der Waals surface area contributed by atoms with Gasteiger partial charge in [0.2, 0.25) is 0 Å². The smallest absolute Gasteiger partial charge is 0.306 e. The molecule has 0 fully saturated rings. The van der Waals surface area contributed by atoms with Crippen molar-refractivity contribution in [3.8, 4) is 0 Å². The number of esters is 3. The molecule has 6 nitrogen and oxygen atoms in total. The highest BCUT2D eigenvalue weighted by Crippen LogP contribution is 2.15. The van der Waals surface area contributed by atoms with Gasteiger partial charge >= 0.3 is 17.9 Å². The van der Waals surface area contributed by atoms with Gasteiger partial charge in [0, 0.05) is 19.3 Å². The third-order valence-corrected chi connectivity index (χ3v) is 10.5. The van der Waals surface area contributed by atoms with E-state index in [1.54, 1.807) is 0 Å². The fourth-order valence-electron chi connectivity index (χ4n) is 6.77. The van der Waals surface area contributed by atoms with Gasteiger partial charge in [-0.05, 0) is 57.8 Å². The van der Waals surface area contributed by atoms with E-state index < -0.39 is 6.10 Å². The van der Waals surface area contributed by atoms with Crippen molar-refractivity contribution in [3.63, 3.8) is 0 Å². The van der Waals surface area contributed by atoms with Gasteiger partial charge in [0.25, 0.3) is 0 Å². The highest BCUT2D eigenvalue weighted by atomic mass is 16.6. The molecule has 0 aliphatic carbocycles. The summed E-state index contributed by atoms with van der Waals surface area (Å²) in [5, 5.41) is 0. The van der Waals surface area contributed by atoms with Crippen LogP contribution in [0, 0.1) is 0 Å². The number of hydrogen-bond donors (Lipinski definition) is 0. The molecule has 0 aromatic heterocycles. The summed E-state index contributed by atoms with van der Waals surface area (Å²) in [6.07, 6.45) is 60.3. The second-order valence-corrected chi connectivity index (χ2v) is 16.5. The number of carbonyl (C=O) groups is 3. The fraction of sp³-hybridized carbons (Fsp3) is 0.722. The van der Waals surface area contributed by atoms with E-state index in [1.165, 1.54) is 109 Å². The number of unbranched alkanes of at least 4 members (excludes halogenated alkanes) is 25. The number of ether oxygens (including phenoxy) is 3. The van der Waals surface area contributed by atoms with Crippen molar-refractivity contribution in [2.45, 2.75) is 239 Å². The van der Waals surface area contributed by atoms with Crippen LogP contribution in [-0.2, 0) is 28.6 Å². The van der Waals surface area contributed by atoms with E-state index in [4.69, 9.17) is 14.2 Å². The van der Waals surface area contributed by atoms with Gasteiger partial charge in [-0.15, -0.1) is 0 Å². The van der Waals surface area contributed by atoms with Crippen molar-refractivity contribution in [1.82, 2.24) is 0 Å². The van der Waals surface area contributed by atoms with E-state index in [0.717, 1.165) is 77.0 Å². The Balaban J connectivity index is 4.40. The number of rotatable bonds is 44. The number of allylic oxidation sites excluding steroid dienone is 12. The van der Waals surface area contributed by atoms with Crippen LogP contribution < -0.4 is 0 Å². The van der Waals surface area contributed by atoms with Crippen molar-refractivity contribution in [3.05, 3.63) is 72.9 Å². The summed E-state index contributed by atoms with van der Waals surface area (Å²) < 4.78 is 16.7. The van der Waals surface area contributed by atoms with Gasteiger partial charge in [-0.1, -0.05) is 229 Å². The van der Waals surface area contributed by atoms with Gasteiger partial charge in [0.1, 0.15) is 13.2 Å². The van der Waals surface area contributed by atoms with Crippen LogP contribution in [0.5, 0.6) is 0 Å². The minimum atomic E-state index is -0.793. The first-order valence-electron chi connectivity index (χ1n) is 25.0. The highest BCUT2D eigenvalue weighted by molar-refractivity contribution is 5.71. The largest absolute Gasteiger partial charge is 0.462 e. The average Bonchev–Trinajstić information content (AvgIpc) is 3.24. The predicted octanol–water partition coefficient (Wildman–Crippen LogP) is 16.3. The Hall–Kier alpha value is -3.15. The molecular weight excluding hydrogens is 745 g/mol. The summed E-state index contributed by atoms with van der Waals surface area (Å²) in [5.74, 6) is -0.953. The summed E-state index contributed by atoms with van der Waals surface area (Å²) in [4.78, 5) is 37.8. The first kappa shape index (κ1) is 56.9. The second-order valence-electron chi connectivity index (χ2n) is 16.5. The van der Waals surface area contributed by atoms with Crippen LogP contribution in [0.3, 0.4) is 0 Å². The summed E-state index contributed by atoms with van der Waals surface area (Å²) in [5.41, 5.74) is 0. The van der Waals surface area contributed by atoms with Gasteiger partial charge in [-0.2, -0.15) is 0 Å². The first-order chi connectivity index (χ1) is 29.5. The van der Waals surface area contributed by atoms with Crippen molar-refractivity contribution in [1.29, 1.82) is 0 Å². The Morgan fingerprint density at radius 2 is 0.667 bits per heavy atom. The molecule has 0 N–H and O–H groups in total. The molecule has 0 radical (unpaired) electrons. The normalized spacial score (nSPS) is 12.7. The molecule has 1 unspecified atom stereocenters. The van der Waals surface area contributed by atoms with Crippen LogP contribution in [0.2, 0.25) is 0 Å². The Morgan fingerprint density at radius 3 is 1.13 bits per heavy atom. The lowest BCUT2D eigenvalue weighted by atomic mass is 10.0. The number of carbonyl (C=O) groups excluding carboxylic acids is 3. The van der Waals surface area contributed by atoms with E-state index in [1.807, 2.05) is 24.3 Å². The van der Waals surface area contributed by atoms with Crippen LogP contribution in [0.15, 0.2) is 72.9 Å². The Labute approximate surface area is 370 Å². The van der Waals surface area contributed by atoms with E-state index in [9.17, 15) is 14.4 Å². The molecule has 344 valence electrons. The van der Waals surface area contributed by atoms with E-state index >= 15 is 0 Å². The maximum Gasteiger partial charge on any atom is 0.306 e. The topological polar surface area (TPSA) is 78.9 Å². The van der Waals surface area contributed by atoms with Crippen molar-refractivity contribution < 1.29 is 28.6 Å². The Morgan fingerprint density at radius 1 is 0.333 bits per heavy atom. The first-order valence-corrected chi connectivity index (χ1v) is 25.0. The van der Waals surface area contributed by atoms with Crippen LogP contribution >= 0.6 is 0 Å². The van der Waals surface area contributed by atoms with Gasteiger partial charge in [-0.3, -0.25) is 14.4 Å². The van der Waals surface area contributed by atoms with Gasteiger partial charge in [0.15, 0.2) is 6.10 Å². The molecule has 0 aromatic carbocycles. The molecule has 0 aliphatic heterocycles. The fourth-order valence-corrected chi connectivity index (χ4v) is 6.77. The molecule has 0 heterocycles. The molecule has 0 saturated heterocycles. The minimum Gasteiger partial charge on any atom is -0.462 e. The third kappa shape index (κ3) is 45.9. The lowest BCUT2D eigenvalue weighted by Crippen LogP contribution is -2.30. The Bertz CT molecular complexity index is 1140. The molecule has 0 aliphatic rings. The van der Waals surface area contributed by atoms with Crippen LogP contribution in [-0.4, -0.2) is 37.2 Å². The molecule has 60 heavy (non-hydrogen) atoms. The molecule has 0 bridgehead atoms. The number of hydrogen-bond acceptors (Lipinski definition) is 6. The minimum absolute atomic E-state index is 0.0961. The zero-order valence-corrected chi connectivity index (χ0v) is 39.2. The lowest BCUT2D eigenvalue weighted by Gasteiger charge is -2.18. The van der Waals surface area contributed by atoms with Crippen LogP contribution in [0.1, 0.15) is 233 Å². The predicted molar refractivity (Wildman–Crippen MR) is 256 cm³/mol. The average molecular weight is 837 g/mol. The zero-order chi connectivity index (χ0) is 43.7. The summed E-state index contributed by atoms with van der Waals surface area (Å²) in [6.45, 7) is 6.47. The maximum absolute atomic E-state index is 12.8. The lowest BCUT2D eigenvalue weighted by molar-refractivity contribution is -0.167. The van der Waals surface area contributed by atoms with Gasteiger partial charge in [0.05, 0.1) is 0 Å². The van der Waals surface area contributed by atoms with Crippen LogP contribution in [0.4, 0.5) is 0 Å². The molecule has 0 amide bonds. The van der Waals surface area contributed by atoms with E-state index in [-0.39, 0.29) is 31.1 Å². The third-order valence-electron chi connectivity index (χ3n) is 10.5. The summed E-state index contributed by atoms with van der Waals surface area (Å²) in [6, 6.07) is 0. The molecule has 0 aromatic rings. The Kier molecular flexibility index (Phi) is 46.0. The van der Waals surface area contributed by atoms with E-state index in [2.05, 4.69) is 69.4 Å². The van der Waals surface area contributed by atoms with Crippen molar-refractivity contribution >= 4 is 17.9 Å². The van der Waals surface area contributed by atoms with Gasteiger partial charge in [-0.25, -0.2) is 0 Å². The monoisotopic (exact) mass is 837 g/mol. The highest BCUT2D eigenvalue weighted by Gasteiger charge is 2.19.